The van der Waals surface area contributed by atoms with Crippen molar-refractivity contribution in [3.8, 4) is 0 Å². The molecule has 0 unspecified atom stereocenters. The normalized spacial score (nSPS) is 21.4. The van der Waals surface area contributed by atoms with Gasteiger partial charge in [-0.25, -0.2) is 0 Å². The maximum atomic E-state index is 13.0. The number of carbonyl (C=O) groups is 2. The van der Waals surface area contributed by atoms with Gasteiger partial charge in [0.25, 0.3) is 5.91 Å². The lowest BCUT2D eigenvalue weighted by Crippen LogP contribution is -2.49. The van der Waals surface area contributed by atoms with E-state index in [4.69, 9.17) is 4.74 Å². The van der Waals surface area contributed by atoms with Gasteiger partial charge in [0.15, 0.2) is 0 Å². The van der Waals surface area contributed by atoms with E-state index in [9.17, 15) is 9.59 Å². The van der Waals surface area contributed by atoms with E-state index in [1.54, 1.807) is 0 Å². The number of hydrogen-bond donors (Lipinski definition) is 0. The Balaban J connectivity index is 1.41. The number of carbonyl (C=O) groups excluding carboxylic acids is 2. The highest BCUT2D eigenvalue weighted by Crippen LogP contribution is 2.25. The molecule has 0 N–H and O–H groups in total. The van der Waals surface area contributed by atoms with Crippen molar-refractivity contribution in [2.75, 3.05) is 32.8 Å². The maximum absolute atomic E-state index is 13.0. The summed E-state index contributed by atoms with van der Waals surface area (Å²) in [7, 11) is 0. The Labute approximate surface area is 159 Å². The summed E-state index contributed by atoms with van der Waals surface area (Å²) in [6, 6.07) is 13.8. The van der Waals surface area contributed by atoms with Gasteiger partial charge in [-0.15, -0.1) is 0 Å². The van der Waals surface area contributed by atoms with Crippen LogP contribution in [0.5, 0.6) is 0 Å². The second kappa shape index (κ2) is 7.69. The van der Waals surface area contributed by atoms with Crippen molar-refractivity contribution >= 4 is 22.6 Å². The fraction of sp³-hybridized carbons (Fsp3) is 0.455. The van der Waals surface area contributed by atoms with E-state index in [0.717, 1.165) is 29.2 Å². The lowest BCUT2D eigenvalue weighted by Gasteiger charge is -2.37. The molecule has 0 bridgehead atoms. The number of likely N-dealkylation sites (tertiary alicyclic amines) is 1. The van der Waals surface area contributed by atoms with E-state index in [2.05, 4.69) is 0 Å². The van der Waals surface area contributed by atoms with E-state index in [0.29, 0.717) is 32.8 Å². The molecular formula is C22H26N2O3. The minimum absolute atomic E-state index is 0.0202. The van der Waals surface area contributed by atoms with Gasteiger partial charge in [0, 0.05) is 37.7 Å². The molecule has 1 atom stereocenters. The third-order valence-electron chi connectivity index (χ3n) is 5.70. The third-order valence-corrected chi connectivity index (χ3v) is 5.70. The summed E-state index contributed by atoms with van der Waals surface area (Å²) in [5, 5.41) is 2.07. The summed E-state index contributed by atoms with van der Waals surface area (Å²) in [6.45, 7) is 5.25. The number of nitrogens with zero attached hydrogens (tertiary/aromatic N) is 2. The lowest BCUT2D eigenvalue weighted by molar-refractivity contribution is -0.143. The number of morpholine rings is 1. The van der Waals surface area contributed by atoms with Gasteiger partial charge >= 0.3 is 0 Å². The highest BCUT2D eigenvalue weighted by atomic mass is 16.5. The number of piperidine rings is 1. The smallest absolute Gasteiger partial charge is 0.254 e. The van der Waals surface area contributed by atoms with Crippen LogP contribution in [0.25, 0.3) is 10.8 Å². The fourth-order valence-corrected chi connectivity index (χ4v) is 4.19. The first-order chi connectivity index (χ1) is 13.1. The number of rotatable bonds is 2. The topological polar surface area (TPSA) is 49.9 Å². The largest absolute Gasteiger partial charge is 0.375 e. The monoisotopic (exact) mass is 366 g/mol. The van der Waals surface area contributed by atoms with Gasteiger partial charge in [-0.1, -0.05) is 36.4 Å². The Morgan fingerprint density at radius 3 is 2.48 bits per heavy atom. The first-order valence-electron chi connectivity index (χ1n) is 9.81. The van der Waals surface area contributed by atoms with Gasteiger partial charge in [0.05, 0.1) is 12.7 Å². The summed E-state index contributed by atoms with van der Waals surface area (Å²) >= 11 is 0. The highest BCUT2D eigenvalue weighted by Gasteiger charge is 2.32. The highest BCUT2D eigenvalue weighted by molar-refractivity contribution is 6.07. The van der Waals surface area contributed by atoms with Crippen LogP contribution in [-0.2, 0) is 9.53 Å². The van der Waals surface area contributed by atoms with Gasteiger partial charge in [-0.05, 0) is 36.6 Å². The van der Waals surface area contributed by atoms with Gasteiger partial charge in [-0.3, -0.25) is 9.59 Å². The van der Waals surface area contributed by atoms with Gasteiger partial charge in [0.2, 0.25) is 5.91 Å². The van der Waals surface area contributed by atoms with Crippen molar-refractivity contribution in [1.82, 2.24) is 9.80 Å². The molecule has 5 nitrogen and oxygen atoms in total. The maximum Gasteiger partial charge on any atom is 0.254 e. The molecule has 2 fully saturated rings. The van der Waals surface area contributed by atoms with Crippen LogP contribution in [-0.4, -0.2) is 60.5 Å². The molecule has 0 saturated carbocycles. The summed E-state index contributed by atoms with van der Waals surface area (Å²) in [6.07, 6.45) is 1.58. The van der Waals surface area contributed by atoms with Crippen LogP contribution in [0, 0.1) is 5.92 Å². The molecule has 27 heavy (non-hydrogen) atoms. The number of hydrogen-bond acceptors (Lipinski definition) is 3. The van der Waals surface area contributed by atoms with E-state index in [-0.39, 0.29) is 23.8 Å². The number of ether oxygens (including phenoxy) is 1. The summed E-state index contributed by atoms with van der Waals surface area (Å²) in [4.78, 5) is 29.7. The van der Waals surface area contributed by atoms with Crippen molar-refractivity contribution in [1.29, 1.82) is 0 Å². The van der Waals surface area contributed by atoms with Crippen molar-refractivity contribution in [3.05, 3.63) is 48.0 Å². The van der Waals surface area contributed by atoms with Crippen LogP contribution < -0.4 is 0 Å². The zero-order valence-corrected chi connectivity index (χ0v) is 15.8. The molecule has 2 heterocycles. The summed E-state index contributed by atoms with van der Waals surface area (Å²) in [5.74, 6) is 0.312. The Bertz CT molecular complexity index is 837. The second-order valence-corrected chi connectivity index (χ2v) is 7.56. The zero-order valence-electron chi connectivity index (χ0n) is 15.8. The minimum Gasteiger partial charge on any atom is -0.375 e. The molecule has 0 aromatic heterocycles. The molecule has 2 aromatic carbocycles. The van der Waals surface area contributed by atoms with E-state index < -0.39 is 0 Å². The summed E-state index contributed by atoms with van der Waals surface area (Å²) < 4.78 is 5.53. The van der Waals surface area contributed by atoms with Crippen LogP contribution in [0.15, 0.2) is 42.5 Å². The average molecular weight is 366 g/mol. The Morgan fingerprint density at radius 1 is 0.963 bits per heavy atom. The first-order valence-corrected chi connectivity index (χ1v) is 9.81. The molecule has 5 heteroatoms. The van der Waals surface area contributed by atoms with Crippen molar-refractivity contribution in [3.63, 3.8) is 0 Å². The van der Waals surface area contributed by atoms with Crippen LogP contribution in [0.4, 0.5) is 0 Å². The minimum atomic E-state index is 0.0202. The quantitative estimate of drug-likeness (QED) is 0.821. The molecule has 2 aromatic rings. The molecule has 2 aliphatic rings. The van der Waals surface area contributed by atoms with Crippen LogP contribution in [0.2, 0.25) is 0 Å². The van der Waals surface area contributed by atoms with Crippen molar-refractivity contribution < 1.29 is 14.3 Å². The Hall–Kier alpha value is -2.40. The van der Waals surface area contributed by atoms with Crippen LogP contribution in [0.3, 0.4) is 0 Å². The van der Waals surface area contributed by atoms with Gasteiger partial charge in [0.1, 0.15) is 0 Å². The standard InChI is InChI=1S/C22H26N2O3/c1-16-15-24(13-14-27-16)21(25)18-9-11-23(12-10-18)22(26)20-8-4-6-17-5-2-3-7-19(17)20/h2-8,16,18H,9-15H2,1H3/t16-/m1/s1. The molecule has 0 aliphatic carbocycles. The Kier molecular flexibility index (Phi) is 5.12. The molecule has 2 saturated heterocycles. The molecule has 2 amide bonds. The molecule has 0 spiro atoms. The van der Waals surface area contributed by atoms with E-state index >= 15 is 0 Å². The average Bonchev–Trinajstić information content (AvgIpc) is 2.72. The van der Waals surface area contributed by atoms with Crippen LogP contribution in [0.1, 0.15) is 30.1 Å². The molecule has 2 aliphatic heterocycles. The first kappa shape index (κ1) is 18.0. The fourth-order valence-electron chi connectivity index (χ4n) is 4.19. The molecule has 0 radical (unpaired) electrons. The molecule has 4 rings (SSSR count). The second-order valence-electron chi connectivity index (χ2n) is 7.56. The van der Waals surface area contributed by atoms with Gasteiger partial charge in [-0.2, -0.15) is 0 Å². The lowest BCUT2D eigenvalue weighted by atomic mass is 9.94. The van der Waals surface area contributed by atoms with Crippen molar-refractivity contribution in [2.24, 2.45) is 5.92 Å². The predicted molar refractivity (Wildman–Crippen MR) is 105 cm³/mol. The third kappa shape index (κ3) is 3.69. The Morgan fingerprint density at radius 2 is 1.70 bits per heavy atom. The SMILES string of the molecule is C[C@@H]1CN(C(=O)C2CCN(C(=O)c3cccc4ccccc34)CC2)CCO1. The molecular weight excluding hydrogens is 340 g/mol. The van der Waals surface area contributed by atoms with Crippen LogP contribution >= 0.6 is 0 Å². The van der Waals surface area contributed by atoms with E-state index in [1.165, 1.54) is 0 Å². The predicted octanol–water partition coefficient (Wildman–Crippen LogP) is 2.94. The van der Waals surface area contributed by atoms with E-state index in [1.807, 2.05) is 59.2 Å². The zero-order chi connectivity index (χ0) is 18.8. The molecule has 142 valence electrons. The number of benzene rings is 2. The van der Waals surface area contributed by atoms with Gasteiger partial charge < -0.3 is 14.5 Å². The number of amides is 2. The number of fused-ring (bicyclic) bond motifs is 1. The van der Waals surface area contributed by atoms with Crippen molar-refractivity contribution in [2.45, 2.75) is 25.9 Å². The summed E-state index contributed by atoms with van der Waals surface area (Å²) in [5.41, 5.74) is 0.750.